The second-order valence-corrected chi connectivity index (χ2v) is 6.43. The minimum atomic E-state index is -0.0157. The fourth-order valence-electron chi connectivity index (χ4n) is 2.79. The molecule has 0 aromatic carbocycles. The zero-order valence-electron chi connectivity index (χ0n) is 15.9. The van der Waals surface area contributed by atoms with E-state index in [9.17, 15) is 0 Å². The van der Waals surface area contributed by atoms with E-state index in [1.165, 1.54) is 6.42 Å². The number of nitrogens with one attached hydrogen (secondary N) is 1. The standard InChI is InChI=1S/C15H28N6.C3H8/c1-4-13(15(17)20-18)8-11(2)19-10-12(3)21-7-5-6-14(21)9-16;1-3-2/h11,13-14,19H,3-8,10,18H2,1-2H3,(H2,17,20);3H2,1-2H3/t11-,13?,14?;/m1./s1. The molecule has 24 heavy (non-hydrogen) atoms. The van der Waals surface area contributed by atoms with E-state index in [0.29, 0.717) is 12.4 Å². The van der Waals surface area contributed by atoms with Crippen molar-refractivity contribution in [3.8, 4) is 6.07 Å². The van der Waals surface area contributed by atoms with Gasteiger partial charge in [0.1, 0.15) is 11.9 Å². The van der Waals surface area contributed by atoms with Crippen molar-refractivity contribution in [3.05, 3.63) is 12.3 Å². The number of rotatable bonds is 8. The van der Waals surface area contributed by atoms with Crippen molar-refractivity contribution in [3.63, 3.8) is 0 Å². The maximum atomic E-state index is 9.11. The lowest BCUT2D eigenvalue weighted by molar-refractivity contribution is 0.351. The summed E-state index contributed by atoms with van der Waals surface area (Å²) in [6.07, 6.45) is 5.06. The van der Waals surface area contributed by atoms with Crippen LogP contribution in [0, 0.1) is 17.2 Å². The van der Waals surface area contributed by atoms with Crippen LogP contribution in [0.4, 0.5) is 0 Å². The van der Waals surface area contributed by atoms with E-state index in [2.05, 4.69) is 55.7 Å². The second kappa shape index (κ2) is 12.7. The number of likely N-dealkylation sites (tertiary alicyclic amines) is 1. The highest BCUT2D eigenvalue weighted by molar-refractivity contribution is 5.82. The molecule has 3 atom stereocenters. The number of hydrazone groups is 1. The van der Waals surface area contributed by atoms with E-state index >= 15 is 0 Å². The molecule has 0 spiro atoms. The van der Waals surface area contributed by atoms with Crippen LogP contribution in [0.15, 0.2) is 17.4 Å². The number of nitrogens with zero attached hydrogens (tertiary/aromatic N) is 3. The van der Waals surface area contributed by atoms with Crippen molar-refractivity contribution in [2.75, 3.05) is 13.1 Å². The first kappa shape index (κ1) is 22.3. The van der Waals surface area contributed by atoms with Crippen molar-refractivity contribution in [2.24, 2.45) is 22.6 Å². The predicted molar refractivity (Wildman–Crippen MR) is 102 cm³/mol. The Kier molecular flexibility index (Phi) is 11.7. The zero-order chi connectivity index (χ0) is 18.5. The van der Waals surface area contributed by atoms with Gasteiger partial charge in [0.05, 0.1) is 6.07 Å². The summed E-state index contributed by atoms with van der Waals surface area (Å²) in [4.78, 5) is 2.10. The normalized spacial score (nSPS) is 19.9. The molecule has 1 rings (SSSR count). The molecule has 0 aromatic heterocycles. The lowest BCUT2D eigenvalue weighted by Gasteiger charge is -2.26. The number of hydrogen-bond donors (Lipinski definition) is 3. The van der Waals surface area contributed by atoms with Crippen LogP contribution in [0.3, 0.4) is 0 Å². The Morgan fingerprint density at radius 2 is 2.08 bits per heavy atom. The van der Waals surface area contributed by atoms with Gasteiger partial charge in [0, 0.05) is 30.7 Å². The Bertz CT molecular complexity index is 426. The first-order valence-corrected chi connectivity index (χ1v) is 9.05. The third kappa shape index (κ3) is 7.69. The first-order valence-electron chi connectivity index (χ1n) is 9.05. The Hall–Kier alpha value is -1.74. The van der Waals surface area contributed by atoms with Gasteiger partial charge in [-0.3, -0.25) is 0 Å². The summed E-state index contributed by atoms with van der Waals surface area (Å²) >= 11 is 0. The summed E-state index contributed by atoms with van der Waals surface area (Å²) in [6.45, 7) is 14.2. The molecule has 5 N–H and O–H groups in total. The van der Waals surface area contributed by atoms with Crippen LogP contribution in [0.2, 0.25) is 0 Å². The summed E-state index contributed by atoms with van der Waals surface area (Å²) in [5.41, 5.74) is 6.79. The van der Waals surface area contributed by atoms with E-state index in [4.69, 9.17) is 16.8 Å². The van der Waals surface area contributed by atoms with E-state index < -0.39 is 0 Å². The highest BCUT2D eigenvalue weighted by Gasteiger charge is 2.25. The molecule has 6 heteroatoms. The fourth-order valence-corrected chi connectivity index (χ4v) is 2.79. The molecule has 0 aromatic rings. The number of nitrogens with two attached hydrogens (primary N) is 2. The van der Waals surface area contributed by atoms with Gasteiger partial charge in [0.15, 0.2) is 0 Å². The molecule has 0 radical (unpaired) electrons. The van der Waals surface area contributed by atoms with Gasteiger partial charge in [0.25, 0.3) is 0 Å². The van der Waals surface area contributed by atoms with Gasteiger partial charge in [-0.15, -0.1) is 0 Å². The number of nitriles is 1. The van der Waals surface area contributed by atoms with Crippen molar-refractivity contribution in [1.29, 1.82) is 5.26 Å². The lowest BCUT2D eigenvalue weighted by Crippen LogP contribution is -2.38. The smallest absolute Gasteiger partial charge is 0.122 e. The largest absolute Gasteiger partial charge is 0.386 e. The average Bonchev–Trinajstić information content (AvgIpc) is 3.06. The minimum Gasteiger partial charge on any atom is -0.386 e. The van der Waals surface area contributed by atoms with Crippen LogP contribution in [0.25, 0.3) is 0 Å². The summed E-state index contributed by atoms with van der Waals surface area (Å²) in [7, 11) is 0. The van der Waals surface area contributed by atoms with Crippen molar-refractivity contribution >= 4 is 5.84 Å². The molecule has 1 aliphatic heterocycles. The third-order valence-electron chi connectivity index (χ3n) is 4.16. The van der Waals surface area contributed by atoms with E-state index in [-0.39, 0.29) is 18.0 Å². The average molecular weight is 337 g/mol. The topological polar surface area (TPSA) is 103 Å². The quantitative estimate of drug-likeness (QED) is 0.273. The maximum absolute atomic E-state index is 9.11. The van der Waals surface area contributed by atoms with Gasteiger partial charge in [-0.2, -0.15) is 10.4 Å². The van der Waals surface area contributed by atoms with Crippen LogP contribution in [-0.4, -0.2) is 35.9 Å². The fraction of sp³-hybridized carbons (Fsp3) is 0.778. The molecular weight excluding hydrogens is 300 g/mol. The van der Waals surface area contributed by atoms with Gasteiger partial charge >= 0.3 is 0 Å². The third-order valence-corrected chi connectivity index (χ3v) is 4.16. The van der Waals surface area contributed by atoms with Gasteiger partial charge in [-0.25, -0.2) is 0 Å². The summed E-state index contributed by atoms with van der Waals surface area (Å²) in [5.74, 6) is 5.96. The molecule has 0 amide bonds. The Morgan fingerprint density at radius 3 is 2.58 bits per heavy atom. The molecule has 1 saturated heterocycles. The minimum absolute atomic E-state index is 0.0157. The maximum Gasteiger partial charge on any atom is 0.122 e. The SMILES string of the molecule is C=C(CN[C@H](C)CC(CC)/C(N)=N/N)N1CCCC1C#N.CCC. The summed E-state index contributed by atoms with van der Waals surface area (Å²) in [6, 6.07) is 2.61. The van der Waals surface area contributed by atoms with E-state index in [1.807, 2.05) is 0 Å². The Morgan fingerprint density at radius 1 is 1.46 bits per heavy atom. The molecule has 0 saturated carbocycles. The molecule has 0 bridgehead atoms. The highest BCUT2D eigenvalue weighted by Crippen LogP contribution is 2.20. The second-order valence-electron chi connectivity index (χ2n) is 6.43. The molecule has 6 nitrogen and oxygen atoms in total. The van der Waals surface area contributed by atoms with Gasteiger partial charge in [0.2, 0.25) is 0 Å². The lowest BCUT2D eigenvalue weighted by atomic mass is 9.97. The van der Waals surface area contributed by atoms with Crippen molar-refractivity contribution < 1.29 is 0 Å². The molecular formula is C18H36N6. The highest BCUT2D eigenvalue weighted by atomic mass is 15.2. The summed E-state index contributed by atoms with van der Waals surface area (Å²) in [5, 5.41) is 16.2. The number of amidine groups is 1. The van der Waals surface area contributed by atoms with Gasteiger partial charge in [-0.05, 0) is 32.6 Å². The van der Waals surface area contributed by atoms with E-state index in [1.54, 1.807) is 0 Å². The van der Waals surface area contributed by atoms with Gasteiger partial charge < -0.3 is 21.8 Å². The van der Waals surface area contributed by atoms with Crippen LogP contribution in [0.1, 0.15) is 59.8 Å². The zero-order valence-corrected chi connectivity index (χ0v) is 15.9. The predicted octanol–water partition coefficient (Wildman–Crippen LogP) is 2.53. The molecule has 2 unspecified atom stereocenters. The first-order chi connectivity index (χ1) is 11.4. The monoisotopic (exact) mass is 336 g/mol. The summed E-state index contributed by atoms with van der Waals surface area (Å²) < 4.78 is 0. The van der Waals surface area contributed by atoms with E-state index in [0.717, 1.165) is 37.9 Å². The van der Waals surface area contributed by atoms with Gasteiger partial charge in [-0.1, -0.05) is 33.8 Å². The van der Waals surface area contributed by atoms with Crippen molar-refractivity contribution in [2.45, 2.75) is 71.9 Å². The molecule has 0 aliphatic carbocycles. The van der Waals surface area contributed by atoms with Crippen LogP contribution in [-0.2, 0) is 0 Å². The van der Waals surface area contributed by atoms with Crippen LogP contribution >= 0.6 is 0 Å². The number of hydrogen-bond acceptors (Lipinski definition) is 5. The molecule has 1 heterocycles. The van der Waals surface area contributed by atoms with Crippen molar-refractivity contribution in [1.82, 2.24) is 10.2 Å². The molecule has 1 fully saturated rings. The Balaban J connectivity index is 0.00000163. The van der Waals surface area contributed by atoms with Crippen LogP contribution < -0.4 is 16.9 Å². The van der Waals surface area contributed by atoms with Crippen LogP contribution in [0.5, 0.6) is 0 Å². The molecule has 1 aliphatic rings. The molecule has 138 valence electrons. The Labute approximate surface area is 148 Å².